The van der Waals surface area contributed by atoms with Gasteiger partial charge in [-0.05, 0) is 46.3 Å². The van der Waals surface area contributed by atoms with Crippen LogP contribution in [0.2, 0.25) is 19.6 Å². The lowest BCUT2D eigenvalue weighted by atomic mass is 9.95. The summed E-state index contributed by atoms with van der Waals surface area (Å²) in [6.45, 7) is 15.0. The second kappa shape index (κ2) is 14.3. The third kappa shape index (κ3) is 18.1. The van der Waals surface area contributed by atoms with Crippen molar-refractivity contribution in [3.63, 3.8) is 0 Å². The predicted octanol–water partition coefficient (Wildman–Crippen LogP) is 6.54. The van der Waals surface area contributed by atoms with Crippen LogP contribution in [0, 0.1) is 24.7 Å². The van der Waals surface area contributed by atoms with Crippen molar-refractivity contribution in [2.75, 3.05) is 0 Å². The van der Waals surface area contributed by atoms with Gasteiger partial charge in [-0.3, -0.25) is 0 Å². The van der Waals surface area contributed by atoms with Gasteiger partial charge in [0.2, 0.25) is 0 Å². The predicted molar refractivity (Wildman–Crippen MR) is 119 cm³/mol. The fourth-order valence-electron chi connectivity index (χ4n) is 2.94. The molecule has 0 amide bonds. The van der Waals surface area contributed by atoms with Gasteiger partial charge in [0.1, 0.15) is 0 Å². The molecule has 0 aromatic rings. The molecule has 0 saturated carbocycles. The van der Waals surface area contributed by atoms with E-state index in [2.05, 4.69) is 52.3 Å². The van der Waals surface area contributed by atoms with Crippen LogP contribution in [0.25, 0.3) is 0 Å². The highest BCUT2D eigenvalue weighted by Gasteiger charge is 2.30. The molecule has 0 bridgehead atoms. The second-order valence-electron chi connectivity index (χ2n) is 8.84. The SMILES string of the molecule is C#CCC(C)(CCCCC)O[Si](C)(C)C.C#CCC(C)(O)CCCCC. The van der Waals surface area contributed by atoms with Crippen molar-refractivity contribution in [1.29, 1.82) is 0 Å². The van der Waals surface area contributed by atoms with Crippen molar-refractivity contribution in [1.82, 2.24) is 0 Å². The smallest absolute Gasteiger partial charge is 0.184 e. The summed E-state index contributed by atoms with van der Waals surface area (Å²) in [6.07, 6.45) is 20.8. The van der Waals surface area contributed by atoms with Gasteiger partial charge in [-0.2, -0.15) is 0 Å². The molecule has 0 heterocycles. The van der Waals surface area contributed by atoms with Crippen LogP contribution < -0.4 is 0 Å². The minimum Gasteiger partial charge on any atom is -0.411 e. The molecule has 0 radical (unpaired) electrons. The molecule has 152 valence electrons. The summed E-state index contributed by atoms with van der Waals surface area (Å²) in [4.78, 5) is 0. The van der Waals surface area contributed by atoms with Gasteiger partial charge < -0.3 is 9.53 Å². The highest BCUT2D eigenvalue weighted by Crippen LogP contribution is 2.27. The van der Waals surface area contributed by atoms with Crippen LogP contribution in [-0.2, 0) is 4.43 Å². The molecule has 0 rings (SSSR count). The fourth-order valence-corrected chi connectivity index (χ4v) is 4.60. The Balaban J connectivity index is 0. The van der Waals surface area contributed by atoms with Gasteiger partial charge in [0.25, 0.3) is 0 Å². The lowest BCUT2D eigenvalue weighted by Crippen LogP contribution is -2.40. The largest absolute Gasteiger partial charge is 0.411 e. The van der Waals surface area contributed by atoms with Crippen LogP contribution in [0.15, 0.2) is 0 Å². The molecule has 0 aliphatic heterocycles. The van der Waals surface area contributed by atoms with Crippen LogP contribution in [0.5, 0.6) is 0 Å². The third-order valence-corrected chi connectivity index (χ3v) is 5.24. The average Bonchev–Trinajstić information content (AvgIpc) is 2.46. The molecule has 0 aromatic carbocycles. The van der Waals surface area contributed by atoms with Crippen molar-refractivity contribution in [3.8, 4) is 24.7 Å². The van der Waals surface area contributed by atoms with Gasteiger partial charge in [0.15, 0.2) is 8.32 Å². The van der Waals surface area contributed by atoms with Gasteiger partial charge in [-0.15, -0.1) is 24.7 Å². The molecule has 0 aliphatic rings. The fraction of sp³-hybridized carbons (Fsp3) is 0.826. The van der Waals surface area contributed by atoms with E-state index in [0.717, 1.165) is 25.7 Å². The number of rotatable bonds is 12. The van der Waals surface area contributed by atoms with Crippen LogP contribution in [0.4, 0.5) is 0 Å². The zero-order valence-corrected chi connectivity index (χ0v) is 19.6. The van der Waals surface area contributed by atoms with Crippen LogP contribution in [0.3, 0.4) is 0 Å². The summed E-state index contributed by atoms with van der Waals surface area (Å²) in [5.41, 5.74) is -0.724. The minimum absolute atomic E-state index is 0.0889. The second-order valence-corrected chi connectivity index (χ2v) is 13.3. The maximum atomic E-state index is 9.60. The standard InChI is InChI=1S/C13H26OSi.C10H18O/c1-7-9-10-12-13(3,11-8-2)14-15(4,5)6;1-4-6-7-9-10(3,11)8-5-2/h2H,7,9-12H2,1,3-6H3;2,11H,4,6-9H2,1,3H3. The molecule has 26 heavy (non-hydrogen) atoms. The van der Waals surface area contributed by atoms with Gasteiger partial charge in [-0.25, -0.2) is 0 Å². The van der Waals surface area contributed by atoms with Crippen LogP contribution >= 0.6 is 0 Å². The maximum absolute atomic E-state index is 9.60. The van der Waals surface area contributed by atoms with E-state index in [4.69, 9.17) is 17.3 Å². The highest BCUT2D eigenvalue weighted by atomic mass is 28.4. The summed E-state index contributed by atoms with van der Waals surface area (Å²) in [7, 11) is -1.49. The number of aliphatic hydroxyl groups is 1. The summed E-state index contributed by atoms with van der Waals surface area (Å²) < 4.78 is 6.21. The Kier molecular flexibility index (Phi) is 15.1. The van der Waals surface area contributed by atoms with Gasteiger partial charge in [-0.1, -0.05) is 52.4 Å². The molecule has 0 fully saturated rings. The van der Waals surface area contributed by atoms with E-state index in [1.165, 1.54) is 32.1 Å². The van der Waals surface area contributed by atoms with Crippen molar-refractivity contribution in [2.24, 2.45) is 0 Å². The van der Waals surface area contributed by atoms with E-state index in [9.17, 15) is 5.11 Å². The third-order valence-electron chi connectivity index (χ3n) is 4.14. The van der Waals surface area contributed by atoms with E-state index in [-0.39, 0.29) is 5.60 Å². The molecule has 2 nitrogen and oxygen atoms in total. The van der Waals surface area contributed by atoms with Crippen LogP contribution in [-0.4, -0.2) is 24.6 Å². The average molecular weight is 381 g/mol. The lowest BCUT2D eigenvalue weighted by molar-refractivity contribution is 0.0535. The number of terminal acetylenes is 2. The molecule has 0 saturated heterocycles. The maximum Gasteiger partial charge on any atom is 0.184 e. The molecule has 2 unspecified atom stereocenters. The molecule has 0 aromatic heterocycles. The topological polar surface area (TPSA) is 29.5 Å². The van der Waals surface area contributed by atoms with Crippen molar-refractivity contribution >= 4 is 8.32 Å². The van der Waals surface area contributed by atoms with Gasteiger partial charge in [0.05, 0.1) is 11.2 Å². The Bertz CT molecular complexity index is 423. The minimum atomic E-state index is -1.49. The van der Waals surface area contributed by atoms with Gasteiger partial charge in [0, 0.05) is 12.8 Å². The van der Waals surface area contributed by atoms with Gasteiger partial charge >= 0.3 is 0 Å². The zero-order valence-electron chi connectivity index (χ0n) is 18.6. The Morgan fingerprint density at radius 3 is 1.69 bits per heavy atom. The monoisotopic (exact) mass is 380 g/mol. The lowest BCUT2D eigenvalue weighted by Gasteiger charge is -2.35. The summed E-state index contributed by atoms with van der Waals surface area (Å²) in [5, 5.41) is 9.60. The van der Waals surface area contributed by atoms with E-state index < -0.39 is 13.9 Å². The molecular formula is C23H44O2Si. The highest BCUT2D eigenvalue weighted by molar-refractivity contribution is 6.69. The van der Waals surface area contributed by atoms with Crippen molar-refractivity contribution in [3.05, 3.63) is 0 Å². The first-order chi connectivity index (χ1) is 11.9. The molecule has 0 spiro atoms. The van der Waals surface area contributed by atoms with E-state index in [0.29, 0.717) is 6.42 Å². The Morgan fingerprint density at radius 2 is 1.31 bits per heavy atom. The normalized spacial score (nSPS) is 15.6. The first-order valence-corrected chi connectivity index (χ1v) is 13.7. The summed E-state index contributed by atoms with van der Waals surface area (Å²) in [5.74, 6) is 5.24. The molecule has 1 N–H and O–H groups in total. The van der Waals surface area contributed by atoms with E-state index in [1.807, 2.05) is 6.92 Å². The summed E-state index contributed by atoms with van der Waals surface area (Å²) >= 11 is 0. The molecule has 2 atom stereocenters. The number of unbranched alkanes of at least 4 members (excludes halogenated alkanes) is 4. The number of hydrogen-bond donors (Lipinski definition) is 1. The van der Waals surface area contributed by atoms with E-state index >= 15 is 0 Å². The quantitative estimate of drug-likeness (QED) is 0.236. The molecule has 0 aliphatic carbocycles. The first-order valence-electron chi connectivity index (χ1n) is 10.2. The molecule has 3 heteroatoms. The Morgan fingerprint density at radius 1 is 0.846 bits per heavy atom. The number of hydrogen-bond acceptors (Lipinski definition) is 2. The first kappa shape index (κ1) is 27.5. The van der Waals surface area contributed by atoms with Crippen molar-refractivity contribution in [2.45, 2.75) is 123 Å². The van der Waals surface area contributed by atoms with Crippen LogP contribution in [0.1, 0.15) is 91.9 Å². The molecular weight excluding hydrogens is 336 g/mol. The zero-order chi connectivity index (χ0) is 20.7. The Hall–Kier alpha value is -0.743. The summed E-state index contributed by atoms with van der Waals surface area (Å²) in [6, 6.07) is 0. The Labute approximate surface area is 165 Å². The van der Waals surface area contributed by atoms with E-state index in [1.54, 1.807) is 0 Å². The van der Waals surface area contributed by atoms with Crippen molar-refractivity contribution < 1.29 is 9.53 Å².